The summed E-state index contributed by atoms with van der Waals surface area (Å²) in [6, 6.07) is 11.1. The predicted octanol–water partition coefficient (Wildman–Crippen LogP) is 4.12. The van der Waals surface area contributed by atoms with E-state index in [4.69, 9.17) is 16.3 Å². The summed E-state index contributed by atoms with van der Waals surface area (Å²) >= 11 is 6.12. The first-order chi connectivity index (χ1) is 14.3. The Morgan fingerprint density at radius 1 is 1.00 bits per heavy atom. The zero-order valence-corrected chi connectivity index (χ0v) is 18.3. The van der Waals surface area contributed by atoms with E-state index in [2.05, 4.69) is 0 Å². The van der Waals surface area contributed by atoms with E-state index in [0.717, 1.165) is 31.2 Å². The van der Waals surface area contributed by atoms with Crippen molar-refractivity contribution in [2.45, 2.75) is 37.5 Å². The van der Waals surface area contributed by atoms with Gasteiger partial charge in [-0.15, -0.1) is 0 Å². The quantitative estimate of drug-likeness (QED) is 0.469. The first-order valence-electron chi connectivity index (χ1n) is 9.92. The summed E-state index contributed by atoms with van der Waals surface area (Å²) in [5, 5.41) is 0.0456. The van der Waals surface area contributed by atoms with Gasteiger partial charge in [0.1, 0.15) is 4.90 Å². The van der Waals surface area contributed by atoms with E-state index >= 15 is 0 Å². The summed E-state index contributed by atoms with van der Waals surface area (Å²) in [5.74, 6) is -1.11. The Morgan fingerprint density at radius 2 is 1.63 bits per heavy atom. The lowest BCUT2D eigenvalue weighted by Gasteiger charge is -2.26. The zero-order valence-electron chi connectivity index (χ0n) is 16.8. The number of sulfonamides is 1. The average molecular weight is 450 g/mol. The van der Waals surface area contributed by atoms with Gasteiger partial charge in [-0.3, -0.25) is 4.79 Å². The van der Waals surface area contributed by atoms with E-state index in [9.17, 15) is 18.0 Å². The van der Waals surface area contributed by atoms with Crippen LogP contribution in [0, 0.1) is 0 Å². The molecule has 0 spiro atoms. The van der Waals surface area contributed by atoms with Crippen molar-refractivity contribution in [3.8, 4) is 0 Å². The highest BCUT2D eigenvalue weighted by atomic mass is 35.5. The number of benzene rings is 2. The summed E-state index contributed by atoms with van der Waals surface area (Å²) in [4.78, 5) is 24.6. The topological polar surface area (TPSA) is 80.8 Å². The Hall–Kier alpha value is -2.22. The first-order valence-corrected chi connectivity index (χ1v) is 11.7. The van der Waals surface area contributed by atoms with Crippen molar-refractivity contribution in [2.75, 3.05) is 19.7 Å². The van der Waals surface area contributed by atoms with Crippen LogP contribution in [-0.4, -0.2) is 44.2 Å². The van der Waals surface area contributed by atoms with Gasteiger partial charge in [0.15, 0.2) is 12.4 Å². The Bertz CT molecular complexity index is 1030. The average Bonchev–Trinajstić information content (AvgIpc) is 2.78. The van der Waals surface area contributed by atoms with Crippen molar-refractivity contribution in [2.24, 2.45) is 0 Å². The van der Waals surface area contributed by atoms with E-state index in [1.165, 1.54) is 22.5 Å². The number of carbonyl (C=O) groups is 2. The molecule has 1 saturated heterocycles. The molecule has 0 radical (unpaired) electrons. The molecular weight excluding hydrogens is 426 g/mol. The maximum Gasteiger partial charge on any atom is 0.338 e. The van der Waals surface area contributed by atoms with Crippen LogP contribution in [0.1, 0.15) is 52.5 Å². The summed E-state index contributed by atoms with van der Waals surface area (Å²) in [5.41, 5.74) is 1.58. The minimum absolute atomic E-state index is 0.0316. The van der Waals surface area contributed by atoms with Crippen molar-refractivity contribution >= 4 is 33.4 Å². The van der Waals surface area contributed by atoms with Crippen molar-refractivity contribution in [1.29, 1.82) is 0 Å². The highest BCUT2D eigenvalue weighted by molar-refractivity contribution is 7.89. The minimum Gasteiger partial charge on any atom is -0.454 e. The van der Waals surface area contributed by atoms with Crippen molar-refractivity contribution in [3.63, 3.8) is 0 Å². The number of carbonyl (C=O) groups excluding carboxylic acids is 2. The van der Waals surface area contributed by atoms with Gasteiger partial charge in [0.25, 0.3) is 0 Å². The van der Waals surface area contributed by atoms with Gasteiger partial charge >= 0.3 is 5.97 Å². The normalized spacial score (nSPS) is 15.0. The molecule has 0 aliphatic carbocycles. The lowest BCUT2D eigenvalue weighted by molar-refractivity contribution is 0.0474. The first kappa shape index (κ1) is 22.5. The molecular formula is C22H24ClNO5S. The van der Waals surface area contributed by atoms with Gasteiger partial charge in [-0.1, -0.05) is 49.2 Å². The van der Waals surface area contributed by atoms with Crippen LogP contribution in [-0.2, 0) is 21.2 Å². The van der Waals surface area contributed by atoms with E-state index in [0.29, 0.717) is 18.7 Å². The molecule has 1 aliphatic rings. The molecule has 0 atom stereocenters. The van der Waals surface area contributed by atoms with Gasteiger partial charge < -0.3 is 4.74 Å². The van der Waals surface area contributed by atoms with Crippen molar-refractivity contribution in [3.05, 3.63) is 64.2 Å². The van der Waals surface area contributed by atoms with Crippen LogP contribution < -0.4 is 0 Å². The van der Waals surface area contributed by atoms with Crippen LogP contribution in [0.2, 0.25) is 5.02 Å². The summed E-state index contributed by atoms with van der Waals surface area (Å²) in [7, 11) is -3.80. The molecule has 1 aliphatic heterocycles. The fourth-order valence-corrected chi connectivity index (χ4v) is 5.31. The number of hydrogen-bond acceptors (Lipinski definition) is 5. The molecule has 0 amide bonds. The van der Waals surface area contributed by atoms with Gasteiger partial charge in [0.2, 0.25) is 10.0 Å². The van der Waals surface area contributed by atoms with E-state index in [1.54, 1.807) is 12.1 Å². The molecule has 0 N–H and O–H groups in total. The molecule has 30 heavy (non-hydrogen) atoms. The van der Waals surface area contributed by atoms with Gasteiger partial charge in [0.05, 0.1) is 10.6 Å². The number of esters is 1. The second-order valence-corrected chi connectivity index (χ2v) is 9.47. The molecule has 8 heteroatoms. The Kier molecular flexibility index (Phi) is 7.28. The minimum atomic E-state index is -3.80. The molecule has 6 nitrogen and oxygen atoms in total. The van der Waals surface area contributed by atoms with Crippen LogP contribution in [0.15, 0.2) is 47.4 Å². The van der Waals surface area contributed by atoms with Gasteiger partial charge in [-0.2, -0.15) is 4.31 Å². The third kappa shape index (κ3) is 5.09. The lowest BCUT2D eigenvalue weighted by atomic mass is 10.1. The second kappa shape index (κ2) is 9.73. The third-order valence-corrected chi connectivity index (χ3v) is 7.50. The summed E-state index contributed by atoms with van der Waals surface area (Å²) in [6.07, 6.45) is 3.43. The maximum absolute atomic E-state index is 12.9. The van der Waals surface area contributed by atoms with Crippen LogP contribution in [0.3, 0.4) is 0 Å². The molecule has 2 aromatic rings. The zero-order chi connectivity index (χ0) is 21.7. The molecule has 1 heterocycles. The molecule has 0 bridgehead atoms. The van der Waals surface area contributed by atoms with Crippen molar-refractivity contribution in [1.82, 2.24) is 4.31 Å². The van der Waals surface area contributed by atoms with Crippen LogP contribution in [0.25, 0.3) is 0 Å². The number of ketones is 1. The lowest BCUT2D eigenvalue weighted by Crippen LogP contribution is -2.35. The van der Waals surface area contributed by atoms with E-state index in [-0.39, 0.29) is 21.3 Å². The van der Waals surface area contributed by atoms with E-state index in [1.807, 2.05) is 19.1 Å². The Morgan fingerprint density at radius 3 is 2.27 bits per heavy atom. The molecule has 3 rings (SSSR count). The van der Waals surface area contributed by atoms with Gasteiger partial charge in [0, 0.05) is 18.7 Å². The number of piperidine rings is 1. The Labute approximate surface area is 181 Å². The largest absolute Gasteiger partial charge is 0.454 e. The number of hydrogen-bond donors (Lipinski definition) is 0. The van der Waals surface area contributed by atoms with E-state index < -0.39 is 22.6 Å². The van der Waals surface area contributed by atoms with Crippen molar-refractivity contribution < 1.29 is 22.7 Å². The summed E-state index contributed by atoms with van der Waals surface area (Å²) in [6.45, 7) is 2.45. The number of Topliss-reactive ketones (excluding diaryl/α,β-unsaturated/α-hetero) is 1. The van der Waals surface area contributed by atoms with Gasteiger partial charge in [-0.25, -0.2) is 13.2 Å². The second-order valence-electron chi connectivity index (χ2n) is 7.16. The number of aryl methyl sites for hydroxylation is 1. The highest BCUT2D eigenvalue weighted by Crippen LogP contribution is 2.28. The fourth-order valence-electron chi connectivity index (χ4n) is 3.30. The van der Waals surface area contributed by atoms with Crippen LogP contribution >= 0.6 is 11.6 Å². The van der Waals surface area contributed by atoms with Gasteiger partial charge in [-0.05, 0) is 43.0 Å². The molecule has 1 fully saturated rings. The smallest absolute Gasteiger partial charge is 0.338 e. The molecule has 2 aromatic carbocycles. The number of nitrogens with zero attached hydrogens (tertiary/aromatic N) is 1. The molecule has 0 unspecified atom stereocenters. The van der Waals surface area contributed by atoms with Crippen LogP contribution in [0.5, 0.6) is 0 Å². The number of rotatable bonds is 7. The maximum atomic E-state index is 12.9. The number of halogens is 1. The molecule has 0 aromatic heterocycles. The monoisotopic (exact) mass is 449 g/mol. The molecule has 160 valence electrons. The highest BCUT2D eigenvalue weighted by Gasteiger charge is 2.29. The predicted molar refractivity (Wildman–Crippen MR) is 114 cm³/mol. The Balaban J connectivity index is 1.71. The van der Waals surface area contributed by atoms with Crippen LogP contribution in [0.4, 0.5) is 0 Å². The molecule has 0 saturated carbocycles. The fraction of sp³-hybridized carbons (Fsp3) is 0.364. The standard InChI is InChI=1S/C22H24ClNO5S/c1-2-16-6-8-17(9-7-16)20(25)15-29-22(26)18-10-11-19(23)21(14-18)30(27,28)24-12-4-3-5-13-24/h6-11,14H,2-5,12-13,15H2,1H3. The summed E-state index contributed by atoms with van der Waals surface area (Å²) < 4.78 is 32.3. The SMILES string of the molecule is CCc1ccc(C(=O)COC(=O)c2ccc(Cl)c(S(=O)(=O)N3CCCCC3)c2)cc1. The third-order valence-electron chi connectivity index (χ3n) is 5.12. The number of ether oxygens (including phenoxy) is 1.